The van der Waals surface area contributed by atoms with E-state index in [1.165, 1.54) is 29.7 Å². The summed E-state index contributed by atoms with van der Waals surface area (Å²) in [5.74, 6) is 2.41. The Labute approximate surface area is 228 Å². The molecule has 190 valence electrons. The molecule has 2 aliphatic carbocycles. The van der Waals surface area contributed by atoms with Gasteiger partial charge in [0, 0.05) is 16.9 Å². The van der Waals surface area contributed by atoms with E-state index in [4.69, 9.17) is 9.97 Å². The Balaban J connectivity index is 0.000000815. The first-order valence-corrected chi connectivity index (χ1v) is 17.9. The standard InChI is InChI=1S/C22H25IN5OPS.2C2H6/c1-12-24-20-17(25-16-9-8-15(10-18(16)31-2)13-4-3-5-13)11-19(26-21(20)28(12)30-23)27-22(29)14-6-7-14;2*1-2/h8-11,13-14,30H,3-7H2,1-2H3,(H2,25,26,27,29);2*1-2H3. The van der Waals surface area contributed by atoms with Gasteiger partial charge in [-0.15, -0.1) is 11.8 Å². The Morgan fingerprint density at radius 3 is 2.37 bits per heavy atom. The predicted molar refractivity (Wildman–Crippen MR) is 162 cm³/mol. The molecule has 5 rings (SSSR count). The van der Waals surface area contributed by atoms with Crippen LogP contribution in [0.5, 0.6) is 0 Å². The fraction of sp³-hybridized carbons (Fsp3) is 0.500. The maximum absolute atomic E-state index is 12.4. The molecule has 0 saturated heterocycles. The zero-order chi connectivity index (χ0) is 25.5. The number of carbonyl (C=O) groups is 1. The fourth-order valence-electron chi connectivity index (χ4n) is 3.94. The van der Waals surface area contributed by atoms with Gasteiger partial charge in [0.1, 0.15) is 17.2 Å². The van der Waals surface area contributed by atoms with Crippen molar-refractivity contribution in [2.75, 3.05) is 16.9 Å². The highest BCUT2D eigenvalue weighted by Crippen LogP contribution is 2.41. The number of nitrogens with zero attached hydrogens (tertiary/aromatic N) is 3. The quantitative estimate of drug-likeness (QED) is 0.156. The van der Waals surface area contributed by atoms with Crippen molar-refractivity contribution in [1.82, 2.24) is 14.3 Å². The van der Waals surface area contributed by atoms with Gasteiger partial charge in [0.2, 0.25) is 5.91 Å². The van der Waals surface area contributed by atoms with Crippen LogP contribution in [0.3, 0.4) is 0 Å². The van der Waals surface area contributed by atoms with E-state index in [1.54, 1.807) is 11.8 Å². The van der Waals surface area contributed by atoms with Crippen LogP contribution in [0.4, 0.5) is 17.2 Å². The van der Waals surface area contributed by atoms with Gasteiger partial charge in [-0.3, -0.25) is 9.13 Å². The number of halogens is 1. The summed E-state index contributed by atoms with van der Waals surface area (Å²) >= 11 is 4.10. The molecular weight excluding hydrogens is 588 g/mol. The normalized spacial score (nSPS) is 15.2. The van der Waals surface area contributed by atoms with Crippen LogP contribution in [0.1, 0.15) is 77.1 Å². The fourth-order valence-corrected chi connectivity index (χ4v) is 6.68. The largest absolute Gasteiger partial charge is 0.353 e. The average Bonchev–Trinajstić information content (AvgIpc) is 3.65. The molecule has 1 amide bonds. The van der Waals surface area contributed by atoms with Gasteiger partial charge in [0.25, 0.3) is 0 Å². The molecule has 2 heterocycles. The SMILES string of the molecule is CC.CC.CSc1cc(C2CCC2)ccc1Nc1cc(NC(=O)C2CC2)nc2c1nc(C)n2PI. The first-order valence-electron chi connectivity index (χ1n) is 12.6. The van der Waals surface area contributed by atoms with Gasteiger partial charge in [-0.2, -0.15) is 0 Å². The first-order chi connectivity index (χ1) is 17.1. The number of aromatic nitrogens is 3. The van der Waals surface area contributed by atoms with Crippen molar-refractivity contribution < 1.29 is 4.79 Å². The maximum atomic E-state index is 12.4. The lowest BCUT2D eigenvalue weighted by atomic mass is 9.80. The Morgan fingerprint density at radius 1 is 1.09 bits per heavy atom. The summed E-state index contributed by atoms with van der Waals surface area (Å²) in [7, 11) is 0. The summed E-state index contributed by atoms with van der Waals surface area (Å²) in [6.07, 6.45) is 8.47. The molecule has 6 nitrogen and oxygen atoms in total. The van der Waals surface area contributed by atoms with Crippen molar-refractivity contribution in [1.29, 1.82) is 0 Å². The molecule has 0 bridgehead atoms. The van der Waals surface area contributed by atoms with Crippen LogP contribution < -0.4 is 10.6 Å². The summed E-state index contributed by atoms with van der Waals surface area (Å²) in [6.45, 7) is 10.0. The van der Waals surface area contributed by atoms with Crippen LogP contribution in [-0.2, 0) is 4.79 Å². The first kappa shape index (κ1) is 28.2. The number of fused-ring (bicyclic) bond motifs is 1. The molecule has 2 aromatic heterocycles. The van der Waals surface area contributed by atoms with Crippen molar-refractivity contribution in [3.63, 3.8) is 0 Å². The van der Waals surface area contributed by atoms with Crippen LogP contribution in [0.15, 0.2) is 29.2 Å². The number of pyridine rings is 1. The summed E-state index contributed by atoms with van der Waals surface area (Å²) in [4.78, 5) is 23.1. The van der Waals surface area contributed by atoms with Gasteiger partial charge in [-0.1, -0.05) is 40.2 Å². The number of amides is 1. The molecular formula is C26H37IN5OPS. The summed E-state index contributed by atoms with van der Waals surface area (Å²) in [6, 6.07) is 8.66. The number of hydrogen-bond donors (Lipinski definition) is 2. The third-order valence-corrected chi connectivity index (χ3v) is 9.07. The molecule has 0 aliphatic heterocycles. The number of rotatable bonds is 7. The Bertz CT molecular complexity index is 1160. The van der Waals surface area contributed by atoms with Gasteiger partial charge < -0.3 is 10.6 Å². The molecule has 2 N–H and O–H groups in total. The van der Waals surface area contributed by atoms with Crippen LogP contribution in [0.25, 0.3) is 11.2 Å². The lowest BCUT2D eigenvalue weighted by molar-refractivity contribution is -0.117. The van der Waals surface area contributed by atoms with Crippen LogP contribution >= 0.6 is 40.2 Å². The minimum absolute atomic E-state index is 0.0622. The molecule has 2 fully saturated rings. The van der Waals surface area contributed by atoms with E-state index in [0.717, 1.165) is 41.2 Å². The van der Waals surface area contributed by atoms with Gasteiger partial charge in [0.15, 0.2) is 5.65 Å². The summed E-state index contributed by atoms with van der Waals surface area (Å²) in [5.41, 5.74) is 5.01. The molecule has 2 aliphatic rings. The minimum atomic E-state index is 0.0622. The third-order valence-electron chi connectivity index (χ3n) is 6.14. The smallest absolute Gasteiger partial charge is 0.228 e. The van der Waals surface area contributed by atoms with Gasteiger partial charge in [0.05, 0.1) is 17.7 Å². The van der Waals surface area contributed by atoms with Gasteiger partial charge >= 0.3 is 0 Å². The maximum Gasteiger partial charge on any atom is 0.228 e. The third kappa shape index (κ3) is 6.50. The van der Waals surface area contributed by atoms with E-state index in [-0.39, 0.29) is 11.8 Å². The number of thioether (sulfide) groups is 1. The molecule has 2 saturated carbocycles. The van der Waals surface area contributed by atoms with Crippen molar-refractivity contribution in [3.05, 3.63) is 35.7 Å². The predicted octanol–water partition coefficient (Wildman–Crippen LogP) is 8.67. The number of hydrogen-bond acceptors (Lipinski definition) is 5. The molecule has 1 atom stereocenters. The molecule has 1 unspecified atom stereocenters. The summed E-state index contributed by atoms with van der Waals surface area (Å²) < 4.78 is 2.10. The van der Waals surface area contributed by atoms with Crippen molar-refractivity contribution in [2.24, 2.45) is 5.92 Å². The van der Waals surface area contributed by atoms with Gasteiger partial charge in [-0.05, 0) is 84.5 Å². The molecule has 3 aromatic rings. The number of nitrogens with one attached hydrogen (secondary N) is 2. The van der Waals surface area contributed by atoms with Crippen molar-refractivity contribution in [2.45, 2.75) is 77.5 Å². The number of carbonyl (C=O) groups excluding carboxylic acids is 1. The Kier molecular flexibility index (Phi) is 10.7. The van der Waals surface area contributed by atoms with E-state index in [0.29, 0.717) is 18.1 Å². The zero-order valence-electron chi connectivity index (χ0n) is 21.5. The monoisotopic (exact) mass is 625 g/mol. The van der Waals surface area contributed by atoms with Crippen LogP contribution in [0, 0.1) is 12.8 Å². The highest BCUT2D eigenvalue weighted by Gasteiger charge is 2.30. The molecule has 0 radical (unpaired) electrons. The van der Waals surface area contributed by atoms with E-state index < -0.39 is 0 Å². The Hall–Kier alpha value is -1.38. The van der Waals surface area contributed by atoms with E-state index in [2.05, 4.69) is 61.5 Å². The molecule has 35 heavy (non-hydrogen) atoms. The summed E-state index contributed by atoms with van der Waals surface area (Å²) in [5, 5.41) is 6.62. The topological polar surface area (TPSA) is 71.8 Å². The lowest BCUT2D eigenvalue weighted by Gasteiger charge is -2.26. The Morgan fingerprint density at radius 2 is 1.80 bits per heavy atom. The minimum Gasteiger partial charge on any atom is -0.353 e. The highest BCUT2D eigenvalue weighted by atomic mass is 127. The zero-order valence-corrected chi connectivity index (χ0v) is 25.5. The van der Waals surface area contributed by atoms with E-state index in [1.807, 2.05) is 40.7 Å². The van der Waals surface area contributed by atoms with E-state index in [9.17, 15) is 4.79 Å². The molecule has 1 aromatic carbocycles. The second-order valence-electron chi connectivity index (χ2n) is 8.28. The number of aryl methyl sites for hydroxylation is 1. The van der Waals surface area contributed by atoms with Crippen LogP contribution in [0.2, 0.25) is 0 Å². The molecule has 9 heteroatoms. The second kappa shape index (κ2) is 13.2. The number of imidazole rings is 1. The lowest BCUT2D eigenvalue weighted by Crippen LogP contribution is -2.14. The number of benzene rings is 1. The van der Waals surface area contributed by atoms with Crippen molar-refractivity contribution >= 4 is 74.4 Å². The number of anilines is 3. The molecule has 0 spiro atoms. The average molecular weight is 626 g/mol. The van der Waals surface area contributed by atoms with Crippen LogP contribution in [-0.4, -0.2) is 26.5 Å². The van der Waals surface area contributed by atoms with Gasteiger partial charge in [-0.25, -0.2) is 9.97 Å². The van der Waals surface area contributed by atoms with E-state index >= 15 is 0 Å². The second-order valence-corrected chi connectivity index (χ2v) is 11.2. The van der Waals surface area contributed by atoms with Crippen molar-refractivity contribution in [3.8, 4) is 0 Å². The highest BCUT2D eigenvalue weighted by molar-refractivity contribution is 14.2.